The molecule has 0 radical (unpaired) electrons. The topological polar surface area (TPSA) is 332 Å². The molecule has 0 spiro atoms. The number of hydrogen-bond donors (Lipinski definition) is 10. The number of H-pyrrole nitrogens is 5. The minimum atomic E-state index is 0.466. The van der Waals surface area contributed by atoms with Gasteiger partial charge in [-0.25, -0.2) is 49.8 Å². The molecule has 120 heavy (non-hydrogen) atoms. The minimum Gasteiger partial charge on any atom is -0.323 e. The zero-order chi connectivity index (χ0) is 82.6. The third kappa shape index (κ3) is 19.7. The van der Waals surface area contributed by atoms with Crippen LogP contribution in [0.2, 0.25) is 15.1 Å². The average Bonchev–Trinajstić information content (AvgIpc) is 1.01. The van der Waals surface area contributed by atoms with Crippen LogP contribution in [-0.2, 0) is 0 Å². The van der Waals surface area contributed by atoms with Gasteiger partial charge in [-0.1, -0.05) is 166 Å². The van der Waals surface area contributed by atoms with Crippen LogP contribution in [0.25, 0.3) is 111 Å². The van der Waals surface area contributed by atoms with Gasteiger partial charge >= 0.3 is 0 Å². The summed E-state index contributed by atoms with van der Waals surface area (Å²) in [6.07, 6.45) is 0. The Balaban J connectivity index is 0.000000112. The van der Waals surface area contributed by atoms with Crippen LogP contribution in [0.15, 0.2) is 277 Å². The quantitative estimate of drug-likeness (QED) is 0.0426. The first-order valence-electron chi connectivity index (χ1n) is 37.5. The number of nitrogens with zero attached hydrogens (tertiary/aromatic N) is 15. The summed E-state index contributed by atoms with van der Waals surface area (Å²) in [7, 11) is 0. The van der Waals surface area contributed by atoms with Gasteiger partial charge in [-0.2, -0.15) is 25.5 Å². The first-order valence-corrected chi connectivity index (χ1v) is 40.5. The number of benzene rings is 10. The molecule has 0 fully saturated rings. The fourth-order valence-corrected chi connectivity index (χ4v) is 13.6. The summed E-state index contributed by atoms with van der Waals surface area (Å²) in [6, 6.07) is 88.2. The molecule has 0 atom stereocenters. The van der Waals surface area contributed by atoms with Gasteiger partial charge in [0.1, 0.15) is 29.1 Å². The summed E-state index contributed by atoms with van der Waals surface area (Å²) in [6.45, 7) is 9.79. The molecule has 20 aromatic rings. The monoisotopic (exact) mass is 1810 g/mol. The summed E-state index contributed by atoms with van der Waals surface area (Å²) in [4.78, 5) is 46.9. The van der Waals surface area contributed by atoms with Crippen LogP contribution in [0.4, 0.5) is 58.2 Å². The second-order valence-corrected chi connectivity index (χ2v) is 30.8. The van der Waals surface area contributed by atoms with Crippen LogP contribution < -0.4 is 26.6 Å². The number of aryl methyl sites for hydroxylation is 5. The normalized spacial score (nSPS) is 10.9. The van der Waals surface area contributed by atoms with E-state index in [4.69, 9.17) is 54.7 Å². The molecule has 30 heteroatoms. The Kier molecular flexibility index (Phi) is 24.4. The number of rotatable bonds is 15. The molecule has 0 saturated carbocycles. The van der Waals surface area contributed by atoms with Crippen LogP contribution in [0.3, 0.4) is 0 Å². The molecule has 0 aliphatic carbocycles. The van der Waals surface area contributed by atoms with Crippen molar-refractivity contribution in [2.45, 2.75) is 34.6 Å². The standard InChI is InChI=1S/C18H14BrN5.C18H13Cl2N5.C18H14ClN5.C18H14IN5.C18H15N5/c1-11-10-16(24-23-11)21-18-14-4-2-3-5-15(14)20-17(22-18)12-6-8-13(19)9-7-12;1-10-8-16(25-24-10)22-18-12-4-2-3-5-15(12)21-17(23-18)11-6-7-13(19)14(20)9-11;2*1-11-10-16(24-23-11)21-18-14-4-2-3-5-15(14)20-17(22-18)12-6-8-13(19)9-7-12;1-12-11-16(23-22-12)20-18-14-9-5-6-10-15(14)19-17(21-18)13-7-3-2-4-8-13/h2-10H,1H3,(H2,20,21,22,23,24);2-9H,1H3,(H2,21,22,23,24,25);2*2-10H,1H3,(H2,20,21,22,23,24);2-11H,1H3,(H2,19,20,21,22,23). The van der Waals surface area contributed by atoms with Gasteiger partial charge in [-0.3, -0.25) is 25.5 Å². The molecule has 0 unspecified atom stereocenters. The van der Waals surface area contributed by atoms with Crippen molar-refractivity contribution in [1.82, 2.24) is 101 Å². The Morgan fingerprint density at radius 1 is 0.258 bits per heavy atom. The first-order chi connectivity index (χ1) is 58.5. The maximum atomic E-state index is 6.14. The van der Waals surface area contributed by atoms with Crippen molar-refractivity contribution in [3.05, 3.63) is 325 Å². The highest BCUT2D eigenvalue weighted by molar-refractivity contribution is 14.1. The lowest BCUT2D eigenvalue weighted by Crippen LogP contribution is -1.99. The van der Waals surface area contributed by atoms with E-state index in [1.807, 2.05) is 283 Å². The maximum absolute atomic E-state index is 6.14. The fraction of sp³-hybridized carbons (Fsp3) is 0.0556. The molecular weight excluding hydrogens is 1740 g/mol. The fourth-order valence-electron chi connectivity index (χ4n) is 12.5. The van der Waals surface area contributed by atoms with E-state index >= 15 is 0 Å². The number of fused-ring (bicyclic) bond motifs is 5. The second-order valence-electron chi connectivity index (χ2n) is 27.4. The lowest BCUT2D eigenvalue weighted by Gasteiger charge is -2.10. The van der Waals surface area contributed by atoms with Crippen LogP contribution in [0.5, 0.6) is 0 Å². The third-order valence-corrected chi connectivity index (χ3v) is 20.5. The second kappa shape index (κ2) is 36.7. The van der Waals surface area contributed by atoms with Crippen LogP contribution in [0, 0.1) is 38.2 Å². The predicted octanol–water partition coefficient (Wildman–Crippen LogP) is 23.7. The van der Waals surface area contributed by atoms with Crippen molar-refractivity contribution < 1.29 is 0 Å². The summed E-state index contributed by atoms with van der Waals surface area (Å²) >= 11 is 23.9. The lowest BCUT2D eigenvalue weighted by atomic mass is 10.2. The van der Waals surface area contributed by atoms with E-state index < -0.39 is 0 Å². The van der Waals surface area contributed by atoms with Gasteiger partial charge in [-0.05, 0) is 185 Å². The summed E-state index contributed by atoms with van der Waals surface area (Å²) in [5.74, 6) is 10.5. The minimum absolute atomic E-state index is 0.466. The molecule has 10 heterocycles. The van der Waals surface area contributed by atoms with Crippen molar-refractivity contribution in [3.8, 4) is 56.9 Å². The molecule has 590 valence electrons. The smallest absolute Gasteiger partial charge is 0.162 e. The Labute approximate surface area is 723 Å². The van der Waals surface area contributed by atoms with Crippen molar-refractivity contribution in [2.24, 2.45) is 0 Å². The highest BCUT2D eigenvalue weighted by Gasteiger charge is 2.18. The highest BCUT2D eigenvalue weighted by atomic mass is 127. The molecule has 20 rings (SSSR count). The molecule has 25 nitrogen and oxygen atoms in total. The third-order valence-electron chi connectivity index (χ3n) is 18.3. The van der Waals surface area contributed by atoms with E-state index in [-0.39, 0.29) is 0 Å². The molecule has 0 amide bonds. The maximum Gasteiger partial charge on any atom is 0.162 e. The van der Waals surface area contributed by atoms with Crippen molar-refractivity contribution in [3.63, 3.8) is 0 Å². The van der Waals surface area contributed by atoms with E-state index in [0.29, 0.717) is 55.8 Å². The van der Waals surface area contributed by atoms with Gasteiger partial charge in [0.2, 0.25) is 0 Å². The van der Waals surface area contributed by atoms with Gasteiger partial charge in [0.25, 0.3) is 0 Å². The molecule has 10 aromatic heterocycles. The predicted molar refractivity (Wildman–Crippen MR) is 493 cm³/mol. The highest BCUT2D eigenvalue weighted by Crippen LogP contribution is 2.35. The number of para-hydroxylation sites is 5. The largest absolute Gasteiger partial charge is 0.323 e. The first kappa shape index (κ1) is 79.8. The van der Waals surface area contributed by atoms with Crippen molar-refractivity contribution in [1.29, 1.82) is 0 Å². The molecule has 0 aliphatic heterocycles. The van der Waals surface area contributed by atoms with E-state index in [1.165, 1.54) is 3.57 Å². The molecule has 10 aromatic carbocycles. The number of hydrogen-bond acceptors (Lipinski definition) is 20. The molecule has 0 aliphatic rings. The van der Waals surface area contributed by atoms with E-state index in [9.17, 15) is 0 Å². The Bertz CT molecular complexity index is 6610. The van der Waals surface area contributed by atoms with Crippen LogP contribution in [-0.4, -0.2) is 101 Å². The Hall–Kier alpha value is -14.0. The number of halogens is 5. The zero-order valence-electron chi connectivity index (χ0n) is 64.6. The van der Waals surface area contributed by atoms with E-state index in [0.717, 1.165) is 162 Å². The lowest BCUT2D eigenvalue weighted by molar-refractivity contribution is 1.05. The SMILES string of the molecule is Cc1cc(Nc2nc(-c3ccc(Br)cc3)nc3ccccc23)n[nH]1.Cc1cc(Nc2nc(-c3ccc(Cl)c(Cl)c3)nc3ccccc23)n[nH]1.Cc1cc(Nc2nc(-c3ccc(Cl)cc3)nc3ccccc23)n[nH]1.Cc1cc(Nc2nc(-c3ccc(I)cc3)nc3ccccc23)n[nH]1.Cc1cc(Nc2nc(-c3ccccc3)nc3ccccc23)n[nH]1. The van der Waals surface area contributed by atoms with E-state index in [2.05, 4.69) is 158 Å². The van der Waals surface area contributed by atoms with Gasteiger partial charge in [0.15, 0.2) is 58.2 Å². The number of aromatic amines is 5. The van der Waals surface area contributed by atoms with Crippen molar-refractivity contribution >= 4 is 186 Å². The molecular formula is C90H70BrCl3IN25. The molecule has 10 N–H and O–H groups in total. The zero-order valence-corrected chi connectivity index (χ0v) is 70.6. The van der Waals surface area contributed by atoms with E-state index in [1.54, 1.807) is 12.1 Å². The summed E-state index contributed by atoms with van der Waals surface area (Å²) in [5.41, 5.74) is 13.9. The Morgan fingerprint density at radius 2 is 0.508 bits per heavy atom. The molecule has 0 bridgehead atoms. The number of nitrogens with one attached hydrogen (secondary N) is 10. The number of anilines is 10. The molecule has 0 saturated heterocycles. The van der Waals surface area contributed by atoms with Gasteiger partial charge < -0.3 is 26.6 Å². The van der Waals surface area contributed by atoms with Gasteiger partial charge in [0.05, 0.1) is 37.6 Å². The van der Waals surface area contributed by atoms with Crippen LogP contribution in [0.1, 0.15) is 28.5 Å². The van der Waals surface area contributed by atoms with Gasteiger partial charge in [-0.15, -0.1) is 0 Å². The summed E-state index contributed by atoms with van der Waals surface area (Å²) in [5, 5.41) is 58.5. The Morgan fingerprint density at radius 3 is 0.792 bits per heavy atom. The van der Waals surface area contributed by atoms with Gasteiger partial charge in [0, 0.05) is 127 Å². The summed E-state index contributed by atoms with van der Waals surface area (Å²) < 4.78 is 2.21. The number of aromatic nitrogens is 20. The van der Waals surface area contributed by atoms with Crippen molar-refractivity contribution in [2.75, 3.05) is 26.6 Å². The average molecular weight is 1810 g/mol. The van der Waals surface area contributed by atoms with Crippen LogP contribution >= 0.6 is 73.3 Å².